The van der Waals surface area contributed by atoms with Crippen LogP contribution in [0, 0.1) is 0 Å². The molecule has 2 rings (SSSR count). The third-order valence-corrected chi connectivity index (χ3v) is 3.75. The van der Waals surface area contributed by atoms with Crippen molar-refractivity contribution in [2.45, 2.75) is 13.0 Å². The molecule has 1 aromatic carbocycles. The largest absolute Gasteiger partial charge is 0.370 e. The van der Waals surface area contributed by atoms with Crippen molar-refractivity contribution >= 4 is 17.6 Å². The lowest BCUT2D eigenvalue weighted by Crippen LogP contribution is -2.27. The molecule has 0 spiro atoms. The van der Waals surface area contributed by atoms with Crippen LogP contribution in [0.2, 0.25) is 0 Å². The van der Waals surface area contributed by atoms with Crippen LogP contribution >= 0.6 is 0 Å². The summed E-state index contributed by atoms with van der Waals surface area (Å²) in [6.07, 6.45) is 1.91. The predicted molar refractivity (Wildman–Crippen MR) is 98.3 cm³/mol. The van der Waals surface area contributed by atoms with E-state index in [1.165, 1.54) is 11.1 Å². The van der Waals surface area contributed by atoms with Crippen LogP contribution in [0.25, 0.3) is 0 Å². The Morgan fingerprint density at radius 3 is 2.36 bits per heavy atom. The van der Waals surface area contributed by atoms with E-state index in [0.29, 0.717) is 30.9 Å². The maximum absolute atomic E-state index is 12.2. The summed E-state index contributed by atoms with van der Waals surface area (Å²) in [6, 6.07) is 13.4. The zero-order valence-corrected chi connectivity index (χ0v) is 14.9. The molecule has 1 aromatic heterocycles. The molecule has 0 saturated heterocycles. The van der Waals surface area contributed by atoms with Crippen molar-refractivity contribution in [1.82, 2.24) is 14.8 Å². The highest BCUT2D eigenvalue weighted by atomic mass is 16.2. The predicted octanol–water partition coefficient (Wildman–Crippen LogP) is 2.24. The van der Waals surface area contributed by atoms with Crippen LogP contribution in [0.5, 0.6) is 0 Å². The molecule has 2 aromatic rings. The molecule has 0 unspecified atom stereocenters. The number of carbonyl (C=O) groups excluding carboxylic acids is 2. The summed E-state index contributed by atoms with van der Waals surface area (Å²) >= 11 is 0. The summed E-state index contributed by atoms with van der Waals surface area (Å²) in [6.45, 7) is 1.09. The first-order valence-electron chi connectivity index (χ1n) is 8.17. The average Bonchev–Trinajstić information content (AvgIpc) is 2.62. The van der Waals surface area contributed by atoms with Gasteiger partial charge in [-0.2, -0.15) is 0 Å². The number of anilines is 1. The van der Waals surface area contributed by atoms with Gasteiger partial charge in [0.2, 0.25) is 5.91 Å². The van der Waals surface area contributed by atoms with Gasteiger partial charge in [0.05, 0.1) is 5.56 Å². The van der Waals surface area contributed by atoms with Crippen molar-refractivity contribution in [1.29, 1.82) is 0 Å². The summed E-state index contributed by atoms with van der Waals surface area (Å²) in [7, 11) is 5.20. The quantitative estimate of drug-likeness (QED) is 0.839. The van der Waals surface area contributed by atoms with E-state index in [1.54, 1.807) is 38.2 Å². The maximum atomic E-state index is 12.2. The highest BCUT2D eigenvalue weighted by Gasteiger charge is 2.10. The molecule has 0 aliphatic rings. The van der Waals surface area contributed by atoms with Crippen LogP contribution in [0.15, 0.2) is 48.7 Å². The molecule has 0 saturated carbocycles. The second-order valence-corrected chi connectivity index (χ2v) is 6.04. The van der Waals surface area contributed by atoms with Gasteiger partial charge in [0.15, 0.2) is 0 Å². The third-order valence-electron chi connectivity index (χ3n) is 3.75. The van der Waals surface area contributed by atoms with E-state index in [-0.39, 0.29) is 11.8 Å². The Labute approximate surface area is 148 Å². The van der Waals surface area contributed by atoms with Crippen molar-refractivity contribution in [3.05, 3.63) is 59.8 Å². The molecule has 1 N–H and O–H groups in total. The van der Waals surface area contributed by atoms with E-state index in [1.807, 2.05) is 30.3 Å². The first kappa shape index (κ1) is 18.4. The van der Waals surface area contributed by atoms with Crippen molar-refractivity contribution in [2.75, 3.05) is 33.0 Å². The topological polar surface area (TPSA) is 65.5 Å². The van der Waals surface area contributed by atoms with E-state index in [2.05, 4.69) is 10.3 Å². The lowest BCUT2D eigenvalue weighted by Gasteiger charge is -2.17. The Balaban J connectivity index is 1.78. The molecule has 2 amide bonds. The molecule has 1 heterocycles. The van der Waals surface area contributed by atoms with Crippen LogP contribution in [-0.2, 0) is 11.3 Å². The Bertz CT molecular complexity index is 699. The van der Waals surface area contributed by atoms with Crippen molar-refractivity contribution in [2.24, 2.45) is 0 Å². The number of benzene rings is 1. The number of rotatable bonds is 7. The van der Waals surface area contributed by atoms with Gasteiger partial charge in [-0.1, -0.05) is 30.3 Å². The molecule has 6 heteroatoms. The molecule has 0 radical (unpaired) electrons. The fraction of sp³-hybridized carbons (Fsp3) is 0.316. The molecule has 0 aliphatic heterocycles. The van der Waals surface area contributed by atoms with E-state index in [9.17, 15) is 9.59 Å². The number of amides is 2. The normalized spacial score (nSPS) is 10.2. The molecule has 0 bridgehead atoms. The molecule has 0 aliphatic carbocycles. The minimum atomic E-state index is -0.0863. The lowest BCUT2D eigenvalue weighted by molar-refractivity contribution is -0.130. The minimum Gasteiger partial charge on any atom is -0.370 e. The van der Waals surface area contributed by atoms with Gasteiger partial charge in [-0.25, -0.2) is 4.98 Å². The summed E-state index contributed by atoms with van der Waals surface area (Å²) < 4.78 is 0. The number of carbonyl (C=O) groups is 2. The number of hydrogen-bond acceptors (Lipinski definition) is 4. The number of pyridine rings is 1. The Hall–Kier alpha value is -2.89. The Morgan fingerprint density at radius 2 is 1.76 bits per heavy atom. The van der Waals surface area contributed by atoms with Gasteiger partial charge in [-0.3, -0.25) is 9.59 Å². The van der Waals surface area contributed by atoms with E-state index in [4.69, 9.17) is 0 Å². The zero-order valence-electron chi connectivity index (χ0n) is 14.9. The van der Waals surface area contributed by atoms with Gasteiger partial charge < -0.3 is 15.1 Å². The molecule has 132 valence electrons. The highest BCUT2D eigenvalue weighted by molar-refractivity contribution is 5.93. The number of aromatic nitrogens is 1. The van der Waals surface area contributed by atoms with E-state index in [0.717, 1.165) is 5.56 Å². The Morgan fingerprint density at radius 1 is 1.04 bits per heavy atom. The molecular formula is C19H24N4O2. The van der Waals surface area contributed by atoms with Crippen molar-refractivity contribution in [3.63, 3.8) is 0 Å². The third kappa shape index (κ3) is 5.60. The van der Waals surface area contributed by atoms with Crippen LogP contribution < -0.4 is 5.32 Å². The first-order chi connectivity index (χ1) is 12.0. The van der Waals surface area contributed by atoms with Gasteiger partial charge in [0.1, 0.15) is 5.82 Å². The molecule has 0 fully saturated rings. The monoisotopic (exact) mass is 340 g/mol. The van der Waals surface area contributed by atoms with Crippen molar-refractivity contribution in [3.8, 4) is 0 Å². The van der Waals surface area contributed by atoms with Crippen LogP contribution in [-0.4, -0.2) is 54.3 Å². The standard InChI is InChI=1S/C19H24N4O2/c1-22(2)19(25)16-9-10-17(21-13-16)20-12-11-18(24)23(3)14-15-7-5-4-6-8-15/h4-10,13H,11-12,14H2,1-3H3,(H,20,21). The van der Waals surface area contributed by atoms with Crippen LogP contribution in [0.4, 0.5) is 5.82 Å². The van der Waals surface area contributed by atoms with E-state index < -0.39 is 0 Å². The number of nitrogens with one attached hydrogen (secondary N) is 1. The van der Waals surface area contributed by atoms with Gasteiger partial charge in [-0.15, -0.1) is 0 Å². The number of nitrogens with zero attached hydrogens (tertiary/aromatic N) is 3. The van der Waals surface area contributed by atoms with Gasteiger partial charge in [0.25, 0.3) is 5.91 Å². The smallest absolute Gasteiger partial charge is 0.254 e. The maximum Gasteiger partial charge on any atom is 0.254 e. The van der Waals surface area contributed by atoms with Crippen molar-refractivity contribution < 1.29 is 9.59 Å². The van der Waals surface area contributed by atoms with Gasteiger partial charge >= 0.3 is 0 Å². The summed E-state index contributed by atoms with van der Waals surface area (Å²) in [5.41, 5.74) is 1.64. The second kappa shape index (κ2) is 8.82. The molecule has 0 atom stereocenters. The minimum absolute atomic E-state index is 0.0655. The highest BCUT2D eigenvalue weighted by Crippen LogP contribution is 2.08. The second-order valence-electron chi connectivity index (χ2n) is 6.04. The zero-order chi connectivity index (χ0) is 18.2. The van der Waals surface area contributed by atoms with Gasteiger partial charge in [-0.05, 0) is 17.7 Å². The van der Waals surface area contributed by atoms with E-state index >= 15 is 0 Å². The van der Waals surface area contributed by atoms with Crippen LogP contribution in [0.1, 0.15) is 22.3 Å². The SMILES string of the molecule is CN(C)C(=O)c1ccc(NCCC(=O)N(C)Cc2ccccc2)nc1. The first-order valence-corrected chi connectivity index (χ1v) is 8.17. The summed E-state index contributed by atoms with van der Waals surface area (Å²) in [4.78, 5) is 31.4. The summed E-state index contributed by atoms with van der Waals surface area (Å²) in [5, 5.41) is 3.11. The molecule has 6 nitrogen and oxygen atoms in total. The fourth-order valence-electron chi connectivity index (χ4n) is 2.32. The van der Waals surface area contributed by atoms with Gasteiger partial charge in [0, 0.05) is 46.9 Å². The Kier molecular flexibility index (Phi) is 6.51. The lowest BCUT2D eigenvalue weighted by atomic mass is 10.2. The average molecular weight is 340 g/mol. The summed E-state index contributed by atoms with van der Waals surface area (Å²) in [5.74, 6) is 0.626. The molecular weight excluding hydrogens is 316 g/mol. The molecule has 25 heavy (non-hydrogen) atoms. The van der Waals surface area contributed by atoms with Crippen LogP contribution in [0.3, 0.4) is 0 Å². The fourth-order valence-corrected chi connectivity index (χ4v) is 2.32. The number of hydrogen-bond donors (Lipinski definition) is 1.